The molecule has 0 aliphatic heterocycles. The summed E-state index contributed by atoms with van der Waals surface area (Å²) in [5.41, 5.74) is 10.5. The summed E-state index contributed by atoms with van der Waals surface area (Å²) in [6.45, 7) is 5.37. The van der Waals surface area contributed by atoms with E-state index >= 15 is 0 Å². The van der Waals surface area contributed by atoms with Gasteiger partial charge in [0, 0.05) is 0 Å². The van der Waals surface area contributed by atoms with Gasteiger partial charge in [-0.05, 0) is 73.3 Å². The number of phenols is 1. The monoisotopic (exact) mass is 257 g/mol. The van der Waals surface area contributed by atoms with Crippen molar-refractivity contribution >= 4 is 5.57 Å². The Balaban J connectivity index is 2.15. The lowest BCUT2D eigenvalue weighted by Crippen LogP contribution is -2.31. The van der Waals surface area contributed by atoms with E-state index in [1.807, 2.05) is 12.1 Å². The molecule has 3 N–H and O–H groups in total. The fraction of sp³-hybridized carbons (Fsp3) is 0.529. The third kappa shape index (κ3) is 1.90. The Kier molecular flexibility index (Phi) is 2.94. The molecule has 1 fully saturated rings. The molecule has 1 aromatic rings. The first-order chi connectivity index (χ1) is 9.05. The predicted molar refractivity (Wildman–Crippen MR) is 78.7 cm³/mol. The minimum absolute atomic E-state index is 0.344. The van der Waals surface area contributed by atoms with Crippen LogP contribution in [-0.4, -0.2) is 11.7 Å². The Labute approximate surface area is 115 Å². The molecule has 19 heavy (non-hydrogen) atoms. The highest BCUT2D eigenvalue weighted by atomic mass is 16.3. The van der Waals surface area contributed by atoms with Gasteiger partial charge in [0.2, 0.25) is 0 Å². The second kappa shape index (κ2) is 4.38. The number of hydrogen-bond acceptors (Lipinski definition) is 2. The zero-order chi connectivity index (χ0) is 13.6. The van der Waals surface area contributed by atoms with Crippen LogP contribution in [0, 0.1) is 17.3 Å². The number of phenolic OH excluding ortho intramolecular Hbond substituents is 1. The molecule has 0 radical (unpaired) electrons. The third-order valence-corrected chi connectivity index (χ3v) is 5.44. The van der Waals surface area contributed by atoms with Crippen molar-refractivity contribution in [2.75, 3.05) is 6.54 Å². The van der Waals surface area contributed by atoms with Crippen LogP contribution in [0.15, 0.2) is 29.8 Å². The Bertz CT molecular complexity index is 534. The number of hydrogen-bond donors (Lipinski definition) is 2. The second-order valence-corrected chi connectivity index (χ2v) is 6.49. The normalized spacial score (nSPS) is 33.8. The number of aromatic hydroxyl groups is 1. The molecular weight excluding hydrogens is 234 g/mol. The van der Waals surface area contributed by atoms with Gasteiger partial charge in [0.25, 0.3) is 0 Å². The molecule has 0 amide bonds. The Morgan fingerprint density at radius 2 is 2.21 bits per heavy atom. The van der Waals surface area contributed by atoms with Gasteiger partial charge in [-0.2, -0.15) is 0 Å². The first-order valence-electron chi connectivity index (χ1n) is 7.26. The molecule has 0 heterocycles. The van der Waals surface area contributed by atoms with E-state index in [-0.39, 0.29) is 0 Å². The largest absolute Gasteiger partial charge is 0.508 e. The van der Waals surface area contributed by atoms with Crippen LogP contribution in [0.5, 0.6) is 5.75 Å². The van der Waals surface area contributed by atoms with Crippen molar-refractivity contribution in [3.8, 4) is 5.75 Å². The number of benzene rings is 1. The topological polar surface area (TPSA) is 46.2 Å². The van der Waals surface area contributed by atoms with E-state index in [0.717, 1.165) is 11.5 Å². The highest BCUT2D eigenvalue weighted by molar-refractivity contribution is 5.74. The first kappa shape index (κ1) is 12.7. The van der Waals surface area contributed by atoms with Crippen LogP contribution in [0.4, 0.5) is 0 Å². The van der Waals surface area contributed by atoms with Crippen molar-refractivity contribution in [3.63, 3.8) is 0 Å². The van der Waals surface area contributed by atoms with Gasteiger partial charge in [-0.25, -0.2) is 0 Å². The van der Waals surface area contributed by atoms with Crippen molar-refractivity contribution < 1.29 is 5.11 Å². The van der Waals surface area contributed by atoms with E-state index in [2.05, 4.69) is 19.9 Å². The molecule has 2 aliphatic rings. The molecule has 102 valence electrons. The highest BCUT2D eigenvalue weighted by Crippen LogP contribution is 2.58. The standard InChI is InChI=1S/C17H23NO/c1-11-16(12-4-3-5-14(19)8-12)15(10-18)13-6-7-17(11,2)9-13/h3-5,8,13,15,19H,6-7,9-10,18H2,1-2H3. The van der Waals surface area contributed by atoms with Gasteiger partial charge in [-0.3, -0.25) is 0 Å². The van der Waals surface area contributed by atoms with Crippen LogP contribution in [0.1, 0.15) is 38.7 Å². The summed E-state index contributed by atoms with van der Waals surface area (Å²) in [6, 6.07) is 7.65. The molecular formula is C17H23NO. The maximum atomic E-state index is 9.75. The lowest BCUT2D eigenvalue weighted by Gasteiger charge is -2.38. The van der Waals surface area contributed by atoms with Crippen molar-refractivity contribution in [1.82, 2.24) is 0 Å². The lowest BCUT2D eigenvalue weighted by molar-refractivity contribution is 0.327. The molecule has 1 aromatic carbocycles. The molecule has 1 saturated carbocycles. The SMILES string of the molecule is CC1=C(c2cccc(O)c2)C(CN)C2CCC1(C)C2. The van der Waals surface area contributed by atoms with Crippen molar-refractivity contribution in [2.45, 2.75) is 33.1 Å². The summed E-state index contributed by atoms with van der Waals surface area (Å²) in [4.78, 5) is 0. The van der Waals surface area contributed by atoms with Gasteiger partial charge in [0.05, 0.1) is 0 Å². The minimum Gasteiger partial charge on any atom is -0.508 e. The lowest BCUT2D eigenvalue weighted by atomic mass is 9.67. The van der Waals surface area contributed by atoms with Gasteiger partial charge in [-0.1, -0.05) is 24.6 Å². The van der Waals surface area contributed by atoms with Gasteiger partial charge in [-0.15, -0.1) is 0 Å². The van der Waals surface area contributed by atoms with Gasteiger partial charge in [0.1, 0.15) is 5.75 Å². The zero-order valence-electron chi connectivity index (χ0n) is 11.8. The molecule has 3 atom stereocenters. The van der Waals surface area contributed by atoms with Crippen LogP contribution in [0.3, 0.4) is 0 Å². The van der Waals surface area contributed by atoms with Crippen LogP contribution in [-0.2, 0) is 0 Å². The number of rotatable bonds is 2. The summed E-state index contributed by atoms with van der Waals surface area (Å²) in [6.07, 6.45) is 3.85. The number of allylic oxidation sites excluding steroid dienone is 1. The predicted octanol–water partition coefficient (Wildman–Crippen LogP) is 3.56. The molecule has 3 unspecified atom stereocenters. The van der Waals surface area contributed by atoms with Gasteiger partial charge in [0.15, 0.2) is 0 Å². The number of fused-ring (bicyclic) bond motifs is 2. The second-order valence-electron chi connectivity index (χ2n) is 6.49. The van der Waals surface area contributed by atoms with Crippen LogP contribution >= 0.6 is 0 Å². The van der Waals surface area contributed by atoms with Crippen LogP contribution < -0.4 is 5.73 Å². The Hall–Kier alpha value is -1.28. The molecule has 0 saturated heterocycles. The Morgan fingerprint density at radius 3 is 2.89 bits per heavy atom. The van der Waals surface area contributed by atoms with Gasteiger partial charge < -0.3 is 10.8 Å². The first-order valence-corrected chi connectivity index (χ1v) is 7.26. The summed E-state index contributed by atoms with van der Waals surface area (Å²) in [7, 11) is 0. The molecule has 2 nitrogen and oxygen atoms in total. The average molecular weight is 257 g/mol. The number of nitrogens with two attached hydrogens (primary N) is 1. The molecule has 3 rings (SSSR count). The molecule has 2 bridgehead atoms. The average Bonchev–Trinajstić information content (AvgIpc) is 2.74. The van der Waals surface area contributed by atoms with Crippen molar-refractivity contribution in [2.24, 2.45) is 23.0 Å². The van der Waals surface area contributed by atoms with E-state index in [9.17, 15) is 5.11 Å². The molecule has 0 spiro atoms. The van der Waals surface area contributed by atoms with Crippen LogP contribution in [0.2, 0.25) is 0 Å². The van der Waals surface area contributed by atoms with Crippen LogP contribution in [0.25, 0.3) is 5.57 Å². The van der Waals surface area contributed by atoms with E-state index in [4.69, 9.17) is 5.73 Å². The highest BCUT2D eigenvalue weighted by Gasteiger charge is 2.46. The molecule has 2 heteroatoms. The quantitative estimate of drug-likeness (QED) is 0.851. The van der Waals surface area contributed by atoms with E-state index in [1.54, 1.807) is 6.07 Å². The van der Waals surface area contributed by atoms with Crippen molar-refractivity contribution in [1.29, 1.82) is 0 Å². The van der Waals surface area contributed by atoms with E-state index in [0.29, 0.717) is 23.6 Å². The minimum atomic E-state index is 0.344. The fourth-order valence-electron chi connectivity index (χ4n) is 4.22. The zero-order valence-corrected chi connectivity index (χ0v) is 11.8. The van der Waals surface area contributed by atoms with Crippen molar-refractivity contribution in [3.05, 3.63) is 35.4 Å². The maximum Gasteiger partial charge on any atom is 0.116 e. The summed E-state index contributed by atoms with van der Waals surface area (Å²) >= 11 is 0. The third-order valence-electron chi connectivity index (χ3n) is 5.44. The summed E-state index contributed by atoms with van der Waals surface area (Å²) in [5, 5.41) is 9.75. The van der Waals surface area contributed by atoms with Gasteiger partial charge >= 0.3 is 0 Å². The van der Waals surface area contributed by atoms with E-state index < -0.39 is 0 Å². The smallest absolute Gasteiger partial charge is 0.116 e. The molecule has 0 aromatic heterocycles. The Morgan fingerprint density at radius 1 is 1.42 bits per heavy atom. The summed E-state index contributed by atoms with van der Waals surface area (Å²) in [5.74, 6) is 1.52. The van der Waals surface area contributed by atoms with E-state index in [1.165, 1.54) is 30.4 Å². The molecule has 2 aliphatic carbocycles. The fourth-order valence-corrected chi connectivity index (χ4v) is 4.22. The maximum absolute atomic E-state index is 9.75. The summed E-state index contributed by atoms with van der Waals surface area (Å²) < 4.78 is 0.